The second kappa shape index (κ2) is 32.4. The molecule has 1 aliphatic rings. The summed E-state index contributed by atoms with van der Waals surface area (Å²) >= 11 is 0. The number of nitrogens with zero attached hydrogens (tertiary/aromatic N) is 9. The molecule has 0 atom stereocenters. The quantitative estimate of drug-likeness (QED) is 0.0293. The van der Waals surface area contributed by atoms with Crippen molar-refractivity contribution in [3.05, 3.63) is 192 Å². The summed E-state index contributed by atoms with van der Waals surface area (Å²) in [7, 11) is 1.89. The van der Waals surface area contributed by atoms with Gasteiger partial charge in [-0.2, -0.15) is 19.4 Å². The Bertz CT molecular complexity index is 2900. The van der Waals surface area contributed by atoms with Crippen LogP contribution in [-0.4, -0.2) is 71.5 Å². The predicted octanol–water partition coefficient (Wildman–Crippen LogP) is 13.9. The van der Waals surface area contributed by atoms with E-state index in [2.05, 4.69) is 71.3 Å². The molecule has 0 N–H and O–H groups in total. The number of anilines is 3. The summed E-state index contributed by atoms with van der Waals surface area (Å²) in [5.41, 5.74) is 9.97. The van der Waals surface area contributed by atoms with E-state index in [0.717, 1.165) is 81.7 Å². The standard InChI is InChI=1S/C35H38N6O4.C27H31N3O/c1-8-41(32-16-14-29(27(3)22-32)24-33(38-5)39-6)18-20-45-35(43)12-10-9-11-34(42)44-19-17-40(7)31-15-13-28(26(2)21-31)23-30(25-36)37-4;1-5-30(25-14-11-24(21(2)19-25)20-27(28-3)29-4)17-18-31-26-15-12-23(13-16-26)22-9-7-6-8-10-22/h13-16,21-24H,8-12,17-20H2,1-3,7H3;11-16,19-20,22H,5-10,17-18H2,1-2H3. The molecule has 14 nitrogen and oxygen atoms in total. The molecule has 1 saturated carbocycles. The zero-order chi connectivity index (χ0) is 55.2. The lowest BCUT2D eigenvalue weighted by Crippen LogP contribution is -2.28. The summed E-state index contributed by atoms with van der Waals surface area (Å²) in [4.78, 5) is 46.8. The Balaban J connectivity index is 0.000000350. The second-order valence-corrected chi connectivity index (χ2v) is 18.3. The Labute approximate surface area is 451 Å². The number of aryl methyl sites for hydroxylation is 3. The largest absolute Gasteiger partial charge is 0.519 e. The number of hydrogen-bond donors (Lipinski definition) is 0. The van der Waals surface area contributed by atoms with Crippen LogP contribution in [0.1, 0.15) is 116 Å². The second-order valence-electron chi connectivity index (χ2n) is 18.3. The molecule has 0 unspecified atom stereocenters. The van der Waals surface area contributed by atoms with Gasteiger partial charge in [0.2, 0.25) is 0 Å². The van der Waals surface area contributed by atoms with Crippen molar-refractivity contribution >= 4 is 47.2 Å². The molecule has 0 aromatic heterocycles. The van der Waals surface area contributed by atoms with Crippen molar-refractivity contribution in [3.63, 3.8) is 0 Å². The van der Waals surface area contributed by atoms with Gasteiger partial charge in [-0.05, 0) is 160 Å². The molecule has 0 radical (unpaired) electrons. The lowest BCUT2D eigenvalue weighted by molar-refractivity contribution is -0.145. The van der Waals surface area contributed by atoms with E-state index in [1.54, 1.807) is 18.2 Å². The van der Waals surface area contributed by atoms with E-state index in [4.69, 9.17) is 52.3 Å². The number of carbonyl (C=O) groups excluding carboxylic acids is 2. The van der Waals surface area contributed by atoms with Crippen molar-refractivity contribution in [2.45, 2.75) is 98.3 Å². The molecule has 14 heteroatoms. The zero-order valence-corrected chi connectivity index (χ0v) is 44.9. The smallest absolute Gasteiger partial charge is 0.492 e. The molecule has 1 aliphatic carbocycles. The summed E-state index contributed by atoms with van der Waals surface area (Å²) in [5, 5.41) is 8.97. The molecule has 5 rings (SSSR count). The van der Waals surface area contributed by atoms with Crippen LogP contribution in [0, 0.1) is 65.0 Å². The van der Waals surface area contributed by atoms with Crippen LogP contribution in [0.15, 0.2) is 96.2 Å². The van der Waals surface area contributed by atoms with Crippen molar-refractivity contribution in [2.75, 3.05) is 74.3 Å². The van der Waals surface area contributed by atoms with Crippen LogP contribution in [0.25, 0.3) is 42.5 Å². The molecule has 1 fully saturated rings. The molecule has 4 aromatic carbocycles. The summed E-state index contributed by atoms with van der Waals surface area (Å²) < 4.78 is 16.8. The first kappa shape index (κ1) is 59.7. The van der Waals surface area contributed by atoms with Gasteiger partial charge in [-0.25, -0.2) is 10.1 Å². The number of carbonyl (C=O) groups is 2. The molecule has 0 saturated heterocycles. The van der Waals surface area contributed by atoms with Crippen LogP contribution in [0.3, 0.4) is 0 Å². The van der Waals surface area contributed by atoms with E-state index >= 15 is 0 Å². The maximum Gasteiger partial charge on any atom is 0.519 e. The number of hydrogen-bond acceptors (Lipinski definition) is 9. The number of likely N-dealkylation sites (N-methyl/N-ethyl adjacent to an activating group) is 3. The van der Waals surface area contributed by atoms with Gasteiger partial charge < -0.3 is 28.9 Å². The maximum atomic E-state index is 12.2. The van der Waals surface area contributed by atoms with Gasteiger partial charge in [0.1, 0.15) is 51.9 Å². The van der Waals surface area contributed by atoms with Crippen molar-refractivity contribution in [1.29, 1.82) is 5.26 Å². The van der Waals surface area contributed by atoms with Gasteiger partial charge in [0.25, 0.3) is 5.70 Å². The van der Waals surface area contributed by atoms with E-state index in [0.29, 0.717) is 32.5 Å². The lowest BCUT2D eigenvalue weighted by atomic mass is 9.84. The van der Waals surface area contributed by atoms with Gasteiger partial charge in [-0.3, -0.25) is 9.59 Å². The van der Waals surface area contributed by atoms with Crippen LogP contribution in [0.4, 0.5) is 17.1 Å². The summed E-state index contributed by atoms with van der Waals surface area (Å²) in [6.07, 6.45) is 13.0. The lowest BCUT2D eigenvalue weighted by Gasteiger charge is -2.24. The Kier molecular flexibility index (Phi) is 25.5. The van der Waals surface area contributed by atoms with E-state index < -0.39 is 0 Å². The molecule has 4 aromatic rings. The Morgan fingerprint density at radius 3 is 1.50 bits per heavy atom. The van der Waals surface area contributed by atoms with Crippen LogP contribution in [-0.2, 0) is 19.1 Å². The highest BCUT2D eigenvalue weighted by molar-refractivity contribution is 5.71. The van der Waals surface area contributed by atoms with Crippen molar-refractivity contribution < 1.29 is 23.8 Å². The fourth-order valence-corrected chi connectivity index (χ4v) is 8.65. The third-order valence-electron chi connectivity index (χ3n) is 13.2. The van der Waals surface area contributed by atoms with Gasteiger partial charge in [-0.1, -0.05) is 49.6 Å². The van der Waals surface area contributed by atoms with Crippen LogP contribution in [0.5, 0.6) is 5.75 Å². The van der Waals surface area contributed by atoms with Gasteiger partial charge >= 0.3 is 23.6 Å². The molecule has 392 valence electrons. The molecular formula is C62H69N9O5. The number of nitriles is 1. The minimum Gasteiger partial charge on any atom is -0.492 e. The third kappa shape index (κ3) is 19.6. The normalized spacial score (nSPS) is 11.7. The van der Waals surface area contributed by atoms with E-state index in [-0.39, 0.29) is 55.3 Å². The first-order chi connectivity index (χ1) is 36.8. The highest BCUT2D eigenvalue weighted by Gasteiger charge is 2.16. The van der Waals surface area contributed by atoms with Gasteiger partial charge in [0.15, 0.2) is 0 Å². The molecule has 0 spiro atoms. The highest BCUT2D eigenvalue weighted by Crippen LogP contribution is 2.33. The summed E-state index contributed by atoms with van der Waals surface area (Å²) in [5.74, 6) is 1.14. The first-order valence-corrected chi connectivity index (χ1v) is 25.8. The van der Waals surface area contributed by atoms with Gasteiger partial charge in [-0.15, -0.1) is 0 Å². The van der Waals surface area contributed by atoms with Crippen molar-refractivity contribution in [1.82, 2.24) is 0 Å². The minimum absolute atomic E-state index is 0.0185. The average molecular weight is 1020 g/mol. The first-order valence-electron chi connectivity index (χ1n) is 25.8. The average Bonchev–Trinajstić information content (AvgIpc) is 3.44. The van der Waals surface area contributed by atoms with Crippen LogP contribution < -0.4 is 19.4 Å². The third-order valence-corrected chi connectivity index (χ3v) is 13.2. The number of esters is 2. The number of unbranched alkanes of at least 4 members (excludes halogenated alkanes) is 1. The molecule has 0 aliphatic heterocycles. The fourth-order valence-electron chi connectivity index (χ4n) is 8.65. The van der Waals surface area contributed by atoms with Crippen LogP contribution in [0.2, 0.25) is 0 Å². The van der Waals surface area contributed by atoms with Gasteiger partial charge in [0, 0.05) is 62.2 Å². The number of benzene rings is 4. The highest BCUT2D eigenvalue weighted by atomic mass is 16.5. The maximum absolute atomic E-state index is 12.2. The van der Waals surface area contributed by atoms with Crippen molar-refractivity contribution in [3.8, 4) is 11.8 Å². The Hall–Kier alpha value is -8.82. The number of ether oxygens (including phenoxy) is 3. The van der Waals surface area contributed by atoms with E-state index in [1.807, 2.05) is 94.2 Å². The van der Waals surface area contributed by atoms with Crippen LogP contribution >= 0.6 is 0 Å². The number of rotatable bonds is 24. The van der Waals surface area contributed by atoms with Crippen molar-refractivity contribution in [2.24, 2.45) is 0 Å². The topological polar surface area (TPSA) is 117 Å². The fraction of sp³-hybridized carbons (Fsp3) is 0.387. The monoisotopic (exact) mass is 1020 g/mol. The molecule has 0 amide bonds. The van der Waals surface area contributed by atoms with E-state index in [9.17, 15) is 9.59 Å². The Morgan fingerprint density at radius 2 is 1.05 bits per heavy atom. The van der Waals surface area contributed by atoms with Gasteiger partial charge in [0.05, 0.1) is 32.3 Å². The molecule has 0 heterocycles. The molecule has 0 bridgehead atoms. The SMILES string of the molecule is [C-]#[N+]C(=Cc1ccc(N(CC)CCOc2ccc(C3CCCCC3)cc2)cc1C)[N+]#[C-].[C-]#[N+]C(C#N)=Cc1ccc(N(C)CCOC(=O)CCCCC(=O)OCCN(CC)c2ccc(C=C([N+]#[C-])[N+]#[C-])c(C)c2)cc1C. The number of allylic oxidation sites excluding steroid dienone is 1. The molecule has 76 heavy (non-hydrogen) atoms. The predicted molar refractivity (Wildman–Crippen MR) is 303 cm³/mol. The molecular weight excluding hydrogens is 951 g/mol. The Morgan fingerprint density at radius 1 is 0.605 bits per heavy atom. The minimum atomic E-state index is -0.314. The van der Waals surface area contributed by atoms with E-state index in [1.165, 1.54) is 37.7 Å². The summed E-state index contributed by atoms with van der Waals surface area (Å²) in [6, 6.07) is 28.2. The zero-order valence-electron chi connectivity index (χ0n) is 44.9. The summed E-state index contributed by atoms with van der Waals surface area (Å²) in [6.45, 7) is 49.7.